The monoisotopic (exact) mass is 388 g/mol. The predicted octanol–water partition coefficient (Wildman–Crippen LogP) is 4.02. The number of anilines is 2. The molecular formula is C20H25ClN4O2. The van der Waals surface area contributed by atoms with Crippen LogP contribution in [0, 0.1) is 11.8 Å². The van der Waals surface area contributed by atoms with E-state index in [2.05, 4.69) is 34.0 Å². The highest BCUT2D eigenvalue weighted by atomic mass is 35.5. The lowest BCUT2D eigenvalue weighted by Gasteiger charge is -2.32. The second-order valence-electron chi connectivity index (χ2n) is 7.19. The number of carbonyl (C=O) groups is 1. The summed E-state index contributed by atoms with van der Waals surface area (Å²) in [6.07, 6.45) is 6.85. The summed E-state index contributed by atoms with van der Waals surface area (Å²) in [7, 11) is 0. The molecule has 0 spiro atoms. The molecule has 2 aromatic rings. The van der Waals surface area contributed by atoms with Gasteiger partial charge in [0.2, 0.25) is 5.91 Å². The Balaban J connectivity index is 1.60. The van der Waals surface area contributed by atoms with Crippen molar-refractivity contribution in [2.75, 3.05) is 29.9 Å². The number of ether oxygens (including phenoxy) is 1. The highest BCUT2D eigenvalue weighted by Gasteiger charge is 2.26. The topological polar surface area (TPSA) is 67.3 Å². The van der Waals surface area contributed by atoms with Crippen molar-refractivity contribution in [2.24, 2.45) is 11.8 Å². The molecule has 1 fully saturated rings. The summed E-state index contributed by atoms with van der Waals surface area (Å²) in [6.45, 7) is 6.28. The lowest BCUT2D eigenvalue weighted by atomic mass is 9.97. The van der Waals surface area contributed by atoms with Crippen LogP contribution in [0.4, 0.5) is 11.5 Å². The van der Waals surface area contributed by atoms with Gasteiger partial charge in [-0.05, 0) is 37.0 Å². The SMILES string of the molecule is CC(C)COc1ccc(NC(=O)[C@@H]2CCCN(c3cnccn3)C2)cc1Cl. The van der Waals surface area contributed by atoms with Gasteiger partial charge in [0.05, 0.1) is 23.7 Å². The van der Waals surface area contributed by atoms with E-state index in [1.807, 2.05) is 6.07 Å². The van der Waals surface area contributed by atoms with Crippen LogP contribution in [0.3, 0.4) is 0 Å². The van der Waals surface area contributed by atoms with Crippen LogP contribution in [-0.2, 0) is 4.79 Å². The summed E-state index contributed by atoms with van der Waals surface area (Å²) < 4.78 is 5.67. The molecule has 1 saturated heterocycles. The van der Waals surface area contributed by atoms with Crippen molar-refractivity contribution in [1.82, 2.24) is 9.97 Å². The molecule has 1 aromatic heterocycles. The number of carbonyl (C=O) groups excluding carboxylic acids is 1. The molecule has 1 aliphatic rings. The second kappa shape index (κ2) is 9.04. The number of piperidine rings is 1. The first-order chi connectivity index (χ1) is 13.0. The van der Waals surface area contributed by atoms with E-state index in [0.717, 1.165) is 25.2 Å². The van der Waals surface area contributed by atoms with Crippen LogP contribution in [-0.4, -0.2) is 35.6 Å². The maximum Gasteiger partial charge on any atom is 0.229 e. The van der Waals surface area contributed by atoms with Crippen LogP contribution in [0.5, 0.6) is 5.75 Å². The van der Waals surface area contributed by atoms with E-state index in [9.17, 15) is 4.79 Å². The number of benzene rings is 1. The Labute approximate surface area is 164 Å². The fraction of sp³-hybridized carbons (Fsp3) is 0.450. The normalized spacial score (nSPS) is 17.0. The Morgan fingerprint density at radius 2 is 2.26 bits per heavy atom. The molecule has 0 unspecified atom stereocenters. The first-order valence-corrected chi connectivity index (χ1v) is 9.65. The largest absolute Gasteiger partial charge is 0.492 e. The van der Waals surface area contributed by atoms with Gasteiger partial charge in [0.25, 0.3) is 0 Å². The maximum absolute atomic E-state index is 12.7. The van der Waals surface area contributed by atoms with E-state index >= 15 is 0 Å². The van der Waals surface area contributed by atoms with Gasteiger partial charge in [-0.25, -0.2) is 4.98 Å². The first-order valence-electron chi connectivity index (χ1n) is 9.27. The minimum absolute atomic E-state index is 0.00416. The average Bonchev–Trinajstić information content (AvgIpc) is 2.68. The van der Waals surface area contributed by atoms with Crippen molar-refractivity contribution in [3.63, 3.8) is 0 Å². The van der Waals surface area contributed by atoms with Crippen molar-refractivity contribution in [3.8, 4) is 5.75 Å². The molecule has 1 N–H and O–H groups in total. The van der Waals surface area contributed by atoms with E-state index < -0.39 is 0 Å². The minimum Gasteiger partial charge on any atom is -0.492 e. The Morgan fingerprint density at radius 1 is 1.41 bits per heavy atom. The van der Waals surface area contributed by atoms with Gasteiger partial charge in [-0.3, -0.25) is 9.78 Å². The highest BCUT2D eigenvalue weighted by molar-refractivity contribution is 6.32. The van der Waals surface area contributed by atoms with Gasteiger partial charge < -0.3 is 15.0 Å². The fourth-order valence-electron chi connectivity index (χ4n) is 3.05. The Kier molecular flexibility index (Phi) is 6.50. The highest BCUT2D eigenvalue weighted by Crippen LogP contribution is 2.29. The number of rotatable bonds is 6. The van der Waals surface area contributed by atoms with E-state index in [4.69, 9.17) is 16.3 Å². The van der Waals surface area contributed by atoms with Gasteiger partial charge in [-0.15, -0.1) is 0 Å². The minimum atomic E-state index is -0.101. The lowest BCUT2D eigenvalue weighted by Crippen LogP contribution is -2.41. The zero-order valence-electron chi connectivity index (χ0n) is 15.7. The third kappa shape index (κ3) is 5.32. The van der Waals surface area contributed by atoms with Crippen molar-refractivity contribution in [3.05, 3.63) is 41.8 Å². The molecule has 1 atom stereocenters. The van der Waals surface area contributed by atoms with Gasteiger partial charge in [0.1, 0.15) is 11.6 Å². The molecule has 0 aliphatic carbocycles. The molecule has 7 heteroatoms. The molecule has 2 heterocycles. The number of aromatic nitrogens is 2. The molecule has 1 amide bonds. The van der Waals surface area contributed by atoms with Crippen LogP contribution < -0.4 is 15.0 Å². The number of nitrogens with one attached hydrogen (secondary N) is 1. The predicted molar refractivity (Wildman–Crippen MR) is 107 cm³/mol. The third-order valence-corrected chi connectivity index (χ3v) is 4.73. The first kappa shape index (κ1) is 19.4. The second-order valence-corrected chi connectivity index (χ2v) is 7.60. The number of hydrogen-bond donors (Lipinski definition) is 1. The molecule has 6 nitrogen and oxygen atoms in total. The van der Waals surface area contributed by atoms with Crippen LogP contribution >= 0.6 is 11.6 Å². The smallest absolute Gasteiger partial charge is 0.229 e. The summed E-state index contributed by atoms with van der Waals surface area (Å²) in [4.78, 5) is 23.3. The summed E-state index contributed by atoms with van der Waals surface area (Å²) in [5.74, 6) is 1.76. The molecule has 27 heavy (non-hydrogen) atoms. The number of amides is 1. The fourth-order valence-corrected chi connectivity index (χ4v) is 3.29. The lowest BCUT2D eigenvalue weighted by molar-refractivity contribution is -0.120. The van der Waals surface area contributed by atoms with E-state index in [1.165, 1.54) is 0 Å². The molecule has 1 aliphatic heterocycles. The van der Waals surface area contributed by atoms with Crippen molar-refractivity contribution >= 4 is 29.0 Å². The molecule has 1 aromatic carbocycles. The average molecular weight is 389 g/mol. The maximum atomic E-state index is 12.7. The standard InChI is InChI=1S/C20H25ClN4O2/c1-14(2)13-27-18-6-5-16(10-17(18)21)24-20(26)15-4-3-9-25(12-15)19-11-22-7-8-23-19/h5-8,10-11,14-15H,3-4,9,12-13H2,1-2H3,(H,24,26)/t15-/m1/s1. The number of hydrogen-bond acceptors (Lipinski definition) is 5. The number of nitrogens with zero attached hydrogens (tertiary/aromatic N) is 3. The van der Waals surface area contributed by atoms with E-state index in [0.29, 0.717) is 35.5 Å². The van der Waals surface area contributed by atoms with E-state index in [-0.39, 0.29) is 11.8 Å². The van der Waals surface area contributed by atoms with Crippen LogP contribution in [0.1, 0.15) is 26.7 Å². The van der Waals surface area contributed by atoms with Gasteiger partial charge in [-0.2, -0.15) is 0 Å². The van der Waals surface area contributed by atoms with Crippen LogP contribution in [0.25, 0.3) is 0 Å². The Morgan fingerprint density at radius 3 is 2.96 bits per heavy atom. The zero-order valence-corrected chi connectivity index (χ0v) is 16.4. The molecule has 144 valence electrons. The molecule has 0 saturated carbocycles. The molecule has 0 bridgehead atoms. The summed E-state index contributed by atoms with van der Waals surface area (Å²) in [5.41, 5.74) is 0.679. The summed E-state index contributed by atoms with van der Waals surface area (Å²) in [5, 5.41) is 3.47. The summed E-state index contributed by atoms with van der Waals surface area (Å²) >= 11 is 6.29. The Hall–Kier alpha value is -2.34. The van der Waals surface area contributed by atoms with Crippen molar-refractivity contribution in [1.29, 1.82) is 0 Å². The molecule has 3 rings (SSSR count). The molecular weight excluding hydrogens is 364 g/mol. The zero-order chi connectivity index (χ0) is 19.2. The van der Waals surface area contributed by atoms with Crippen molar-refractivity contribution < 1.29 is 9.53 Å². The quantitative estimate of drug-likeness (QED) is 0.809. The van der Waals surface area contributed by atoms with Crippen molar-refractivity contribution in [2.45, 2.75) is 26.7 Å². The van der Waals surface area contributed by atoms with Gasteiger partial charge in [0.15, 0.2) is 0 Å². The third-order valence-electron chi connectivity index (χ3n) is 4.44. The van der Waals surface area contributed by atoms with Gasteiger partial charge in [0, 0.05) is 31.2 Å². The van der Waals surface area contributed by atoms with Gasteiger partial charge >= 0.3 is 0 Å². The van der Waals surface area contributed by atoms with Gasteiger partial charge in [-0.1, -0.05) is 25.4 Å². The number of halogens is 1. The van der Waals surface area contributed by atoms with Crippen LogP contribution in [0.2, 0.25) is 5.02 Å². The van der Waals surface area contributed by atoms with Crippen LogP contribution in [0.15, 0.2) is 36.8 Å². The Bertz CT molecular complexity index is 770. The molecule has 0 radical (unpaired) electrons. The van der Waals surface area contributed by atoms with E-state index in [1.54, 1.807) is 30.7 Å². The summed E-state index contributed by atoms with van der Waals surface area (Å²) in [6, 6.07) is 5.36.